The summed E-state index contributed by atoms with van der Waals surface area (Å²) >= 11 is 0. The number of amides is 2. The van der Waals surface area contributed by atoms with E-state index in [1.54, 1.807) is 19.1 Å². The molecule has 30 heavy (non-hydrogen) atoms. The number of nitrogens with zero attached hydrogens (tertiary/aromatic N) is 1. The van der Waals surface area contributed by atoms with Gasteiger partial charge in [-0.05, 0) is 62.6 Å². The molecule has 6 nitrogen and oxygen atoms in total. The van der Waals surface area contributed by atoms with Crippen molar-refractivity contribution in [1.82, 2.24) is 10.2 Å². The van der Waals surface area contributed by atoms with Crippen LogP contribution in [0, 0.1) is 5.82 Å². The standard InChI is InChI=1S/C23H27FN2O4/c1-15(2)25-23(28)16(3)26(13-18-4-8-19(24)9-5-18)22(27)11-7-17-6-10-20-21(12-17)30-14-29-20/h4-6,8-10,12,15-16H,7,11,13-14H2,1-3H3,(H,25,28)/t16-/m1/s1. The second-order valence-corrected chi connectivity index (χ2v) is 7.67. The number of hydrogen-bond donors (Lipinski definition) is 1. The van der Waals surface area contributed by atoms with Gasteiger partial charge in [0.1, 0.15) is 11.9 Å². The van der Waals surface area contributed by atoms with E-state index < -0.39 is 6.04 Å². The molecule has 0 aliphatic carbocycles. The van der Waals surface area contributed by atoms with E-state index in [4.69, 9.17) is 9.47 Å². The maximum Gasteiger partial charge on any atom is 0.242 e. The third-order valence-electron chi connectivity index (χ3n) is 4.93. The molecule has 0 saturated heterocycles. The summed E-state index contributed by atoms with van der Waals surface area (Å²) in [6.07, 6.45) is 0.744. The van der Waals surface area contributed by atoms with Crippen LogP contribution in [0.1, 0.15) is 38.3 Å². The molecule has 0 aromatic heterocycles. The summed E-state index contributed by atoms with van der Waals surface area (Å²) < 4.78 is 24.0. The highest BCUT2D eigenvalue weighted by molar-refractivity contribution is 5.87. The van der Waals surface area contributed by atoms with Crippen LogP contribution in [0.5, 0.6) is 11.5 Å². The molecular weight excluding hydrogens is 387 g/mol. The average molecular weight is 414 g/mol. The van der Waals surface area contributed by atoms with Crippen LogP contribution in [0.2, 0.25) is 0 Å². The summed E-state index contributed by atoms with van der Waals surface area (Å²) in [5, 5.41) is 2.85. The van der Waals surface area contributed by atoms with E-state index in [0.29, 0.717) is 17.9 Å². The van der Waals surface area contributed by atoms with Crippen LogP contribution in [0.4, 0.5) is 4.39 Å². The van der Waals surface area contributed by atoms with E-state index in [9.17, 15) is 14.0 Å². The number of nitrogens with one attached hydrogen (secondary N) is 1. The van der Waals surface area contributed by atoms with Crippen molar-refractivity contribution in [3.63, 3.8) is 0 Å². The van der Waals surface area contributed by atoms with Gasteiger partial charge in [0.2, 0.25) is 18.6 Å². The Kier molecular flexibility index (Phi) is 6.92. The predicted octanol–water partition coefficient (Wildman–Crippen LogP) is 3.43. The monoisotopic (exact) mass is 414 g/mol. The maximum absolute atomic E-state index is 13.3. The maximum atomic E-state index is 13.3. The fourth-order valence-electron chi connectivity index (χ4n) is 3.27. The second kappa shape index (κ2) is 9.61. The van der Waals surface area contributed by atoms with E-state index in [1.807, 2.05) is 32.0 Å². The summed E-state index contributed by atoms with van der Waals surface area (Å²) in [6.45, 7) is 5.88. The topological polar surface area (TPSA) is 67.9 Å². The average Bonchev–Trinajstić information content (AvgIpc) is 3.18. The zero-order chi connectivity index (χ0) is 21.7. The van der Waals surface area contributed by atoms with Crippen molar-refractivity contribution in [3.05, 3.63) is 59.4 Å². The largest absolute Gasteiger partial charge is 0.454 e. The molecule has 2 aromatic rings. The number of carbonyl (C=O) groups excluding carboxylic acids is 2. The summed E-state index contributed by atoms with van der Waals surface area (Å²) in [7, 11) is 0. The zero-order valence-corrected chi connectivity index (χ0v) is 17.5. The molecule has 0 fully saturated rings. The van der Waals surface area contributed by atoms with Crippen molar-refractivity contribution in [2.45, 2.75) is 52.2 Å². The first-order valence-electron chi connectivity index (χ1n) is 10.1. The molecule has 1 aliphatic rings. The van der Waals surface area contributed by atoms with Crippen molar-refractivity contribution < 1.29 is 23.5 Å². The Balaban J connectivity index is 1.71. The number of rotatable bonds is 8. The lowest BCUT2D eigenvalue weighted by atomic mass is 10.1. The van der Waals surface area contributed by atoms with Gasteiger partial charge in [0.25, 0.3) is 0 Å². The molecule has 2 amide bonds. The molecule has 0 saturated carbocycles. The van der Waals surface area contributed by atoms with E-state index in [1.165, 1.54) is 17.0 Å². The van der Waals surface area contributed by atoms with Gasteiger partial charge in [-0.25, -0.2) is 4.39 Å². The Bertz CT molecular complexity index is 899. The SMILES string of the molecule is CC(C)NC(=O)[C@@H](C)N(Cc1ccc(F)cc1)C(=O)CCc1ccc2c(c1)OCO2. The number of ether oxygens (including phenoxy) is 2. The Labute approximate surface area is 176 Å². The molecule has 1 atom stereocenters. The Morgan fingerprint density at radius 1 is 1.03 bits per heavy atom. The molecule has 2 aromatic carbocycles. The van der Waals surface area contributed by atoms with E-state index >= 15 is 0 Å². The van der Waals surface area contributed by atoms with Gasteiger partial charge in [-0.1, -0.05) is 18.2 Å². The number of carbonyl (C=O) groups is 2. The van der Waals surface area contributed by atoms with Gasteiger partial charge >= 0.3 is 0 Å². The minimum absolute atomic E-state index is 0.0312. The number of fused-ring (bicyclic) bond motifs is 1. The summed E-state index contributed by atoms with van der Waals surface area (Å²) in [5.41, 5.74) is 1.71. The summed E-state index contributed by atoms with van der Waals surface area (Å²) in [6, 6.07) is 10.9. The summed E-state index contributed by atoms with van der Waals surface area (Å²) in [4.78, 5) is 27.2. The lowest BCUT2D eigenvalue weighted by Crippen LogP contribution is -2.49. The van der Waals surface area contributed by atoms with Gasteiger partial charge in [0, 0.05) is 19.0 Å². The number of aryl methyl sites for hydroxylation is 1. The molecule has 160 valence electrons. The van der Waals surface area contributed by atoms with Gasteiger partial charge in [-0.3, -0.25) is 9.59 Å². The number of benzene rings is 2. The van der Waals surface area contributed by atoms with Crippen molar-refractivity contribution in [1.29, 1.82) is 0 Å². The number of hydrogen-bond acceptors (Lipinski definition) is 4. The molecule has 1 N–H and O–H groups in total. The minimum atomic E-state index is -0.651. The Morgan fingerprint density at radius 2 is 1.70 bits per heavy atom. The van der Waals surface area contributed by atoms with Crippen LogP contribution < -0.4 is 14.8 Å². The van der Waals surface area contributed by atoms with Crippen LogP contribution in [-0.4, -0.2) is 35.6 Å². The molecular formula is C23H27FN2O4. The third kappa shape index (κ3) is 5.49. The van der Waals surface area contributed by atoms with E-state index in [2.05, 4.69) is 5.32 Å². The first-order valence-corrected chi connectivity index (χ1v) is 10.1. The van der Waals surface area contributed by atoms with Crippen molar-refractivity contribution in [2.75, 3.05) is 6.79 Å². The van der Waals surface area contributed by atoms with E-state index in [-0.39, 0.29) is 43.4 Å². The van der Waals surface area contributed by atoms with Crippen molar-refractivity contribution >= 4 is 11.8 Å². The Morgan fingerprint density at radius 3 is 2.40 bits per heavy atom. The molecule has 0 radical (unpaired) electrons. The lowest BCUT2D eigenvalue weighted by molar-refractivity contribution is -0.140. The van der Waals surface area contributed by atoms with Crippen LogP contribution in [-0.2, 0) is 22.6 Å². The number of halogens is 1. The van der Waals surface area contributed by atoms with Gasteiger partial charge in [-0.2, -0.15) is 0 Å². The molecule has 0 bridgehead atoms. The van der Waals surface area contributed by atoms with Crippen molar-refractivity contribution in [3.8, 4) is 11.5 Å². The molecule has 3 rings (SSSR count). The van der Waals surface area contributed by atoms with Crippen LogP contribution in [0.25, 0.3) is 0 Å². The quantitative estimate of drug-likeness (QED) is 0.719. The van der Waals surface area contributed by atoms with E-state index in [0.717, 1.165) is 11.1 Å². The van der Waals surface area contributed by atoms with Crippen LogP contribution in [0.3, 0.4) is 0 Å². The second-order valence-electron chi connectivity index (χ2n) is 7.67. The van der Waals surface area contributed by atoms with Gasteiger partial charge in [0.05, 0.1) is 0 Å². The molecule has 0 unspecified atom stereocenters. The highest BCUT2D eigenvalue weighted by atomic mass is 19.1. The fraction of sp³-hybridized carbons (Fsp3) is 0.391. The normalized spacial score (nSPS) is 13.2. The van der Waals surface area contributed by atoms with Gasteiger partial charge in [-0.15, -0.1) is 0 Å². The highest BCUT2D eigenvalue weighted by Gasteiger charge is 2.26. The predicted molar refractivity (Wildman–Crippen MR) is 111 cm³/mol. The first kappa shape index (κ1) is 21.6. The highest BCUT2D eigenvalue weighted by Crippen LogP contribution is 2.32. The first-order chi connectivity index (χ1) is 14.3. The summed E-state index contributed by atoms with van der Waals surface area (Å²) in [5.74, 6) is 0.659. The Hall–Kier alpha value is -3.09. The third-order valence-corrected chi connectivity index (χ3v) is 4.93. The van der Waals surface area contributed by atoms with Crippen molar-refractivity contribution in [2.24, 2.45) is 0 Å². The lowest BCUT2D eigenvalue weighted by Gasteiger charge is -2.29. The molecule has 1 aliphatic heterocycles. The molecule has 1 heterocycles. The van der Waals surface area contributed by atoms with Gasteiger partial charge in [0.15, 0.2) is 11.5 Å². The fourth-order valence-corrected chi connectivity index (χ4v) is 3.27. The zero-order valence-electron chi connectivity index (χ0n) is 17.5. The minimum Gasteiger partial charge on any atom is -0.454 e. The smallest absolute Gasteiger partial charge is 0.242 e. The van der Waals surface area contributed by atoms with Gasteiger partial charge < -0.3 is 19.7 Å². The van der Waals surface area contributed by atoms with Crippen LogP contribution in [0.15, 0.2) is 42.5 Å². The molecule has 0 spiro atoms. The molecule has 7 heteroatoms. The van der Waals surface area contributed by atoms with Crippen LogP contribution >= 0.6 is 0 Å².